The van der Waals surface area contributed by atoms with Crippen molar-refractivity contribution < 1.29 is 0 Å². The minimum atomic E-state index is 0.187. The molecule has 0 saturated heterocycles. The third-order valence-electron chi connectivity index (χ3n) is 12.1. The van der Waals surface area contributed by atoms with Crippen molar-refractivity contribution in [2.75, 3.05) is 0 Å². The molecule has 1 aliphatic rings. The van der Waals surface area contributed by atoms with Gasteiger partial charge in [-0.05, 0) is 110 Å². The van der Waals surface area contributed by atoms with E-state index in [1.165, 1.54) is 109 Å². The van der Waals surface area contributed by atoms with E-state index in [1.807, 2.05) is 11.3 Å². The first-order valence-electron chi connectivity index (χ1n) is 19.7. The zero-order valence-corrected chi connectivity index (χ0v) is 31.9. The number of nitrogens with zero attached hydrogens (tertiary/aromatic N) is 1. The third kappa shape index (κ3) is 5.08. The summed E-state index contributed by atoms with van der Waals surface area (Å²) < 4.78 is 5.11. The summed E-state index contributed by atoms with van der Waals surface area (Å²) in [5, 5.41) is 5.18. The maximum absolute atomic E-state index is 2.46. The molecule has 2 aromatic heterocycles. The lowest BCUT2D eigenvalue weighted by molar-refractivity contribution is 1.02. The molecule has 0 amide bonds. The highest BCUT2D eigenvalue weighted by atomic mass is 32.1. The zero-order valence-electron chi connectivity index (χ0n) is 31.1. The molecule has 0 fully saturated rings. The van der Waals surface area contributed by atoms with E-state index in [4.69, 9.17) is 0 Å². The van der Waals surface area contributed by atoms with Gasteiger partial charge >= 0.3 is 0 Å². The minimum Gasteiger partial charge on any atom is -0.309 e. The summed E-state index contributed by atoms with van der Waals surface area (Å²) in [6.07, 6.45) is 0. The Morgan fingerprint density at radius 3 is 1.79 bits per heavy atom. The van der Waals surface area contributed by atoms with Gasteiger partial charge in [-0.15, -0.1) is 11.3 Å². The lowest BCUT2D eigenvalue weighted by atomic mass is 9.88. The summed E-state index contributed by atoms with van der Waals surface area (Å²) in [4.78, 5) is 0. The SMILES string of the molecule is c1ccc(-c2cccc(-n3c4ccccc4c4cc(-c5ccc6c(c5)-c5cc(-c7cccc8c7sc7ccccc78)ccc5C6c5ccccc5)ccc43)c2)cc1. The molecule has 2 heteroatoms. The van der Waals surface area contributed by atoms with Gasteiger partial charge in [-0.1, -0.05) is 158 Å². The van der Waals surface area contributed by atoms with Crippen LogP contribution in [-0.4, -0.2) is 4.57 Å². The number of hydrogen-bond donors (Lipinski definition) is 0. The molecular formula is C55H35NS. The Kier molecular flexibility index (Phi) is 7.23. The number of hydrogen-bond acceptors (Lipinski definition) is 1. The van der Waals surface area contributed by atoms with Crippen LogP contribution in [0.25, 0.3) is 92.2 Å². The first kappa shape index (κ1) is 32.3. The number of para-hydroxylation sites is 1. The smallest absolute Gasteiger partial charge is 0.0541 e. The minimum absolute atomic E-state index is 0.187. The maximum Gasteiger partial charge on any atom is 0.0541 e. The van der Waals surface area contributed by atoms with Crippen molar-refractivity contribution in [3.05, 3.63) is 223 Å². The zero-order chi connectivity index (χ0) is 37.5. The molecular weight excluding hydrogens is 707 g/mol. The molecule has 1 aliphatic carbocycles. The van der Waals surface area contributed by atoms with Crippen molar-refractivity contribution in [3.63, 3.8) is 0 Å². The standard InChI is InChI=1S/C55H35NS/c1-3-13-35(14-4-1)37-17-11-18-41(31-37)56-51-23-9-7-19-43(51)50-33-39(27-30-52(50)56)38-25-28-45-48(32-38)49-34-40(26-29-46(49)54(45)36-15-5-2-6-16-36)42-21-12-22-47-44-20-8-10-24-53(44)57-55(42)47/h1-34,54H. The van der Waals surface area contributed by atoms with Gasteiger partial charge < -0.3 is 4.57 Å². The van der Waals surface area contributed by atoms with Crippen molar-refractivity contribution in [2.24, 2.45) is 0 Å². The van der Waals surface area contributed by atoms with Crippen LogP contribution in [0.3, 0.4) is 0 Å². The second-order valence-electron chi connectivity index (χ2n) is 15.2. The van der Waals surface area contributed by atoms with E-state index < -0.39 is 0 Å². The van der Waals surface area contributed by atoms with Crippen molar-refractivity contribution in [1.29, 1.82) is 0 Å². The van der Waals surface area contributed by atoms with Crippen molar-refractivity contribution in [3.8, 4) is 50.2 Å². The van der Waals surface area contributed by atoms with Crippen LogP contribution in [0.1, 0.15) is 22.6 Å². The normalized spacial score (nSPS) is 13.4. The largest absolute Gasteiger partial charge is 0.309 e. The number of aromatic nitrogens is 1. The van der Waals surface area contributed by atoms with E-state index in [-0.39, 0.29) is 5.92 Å². The van der Waals surface area contributed by atoms with E-state index in [9.17, 15) is 0 Å². The fraction of sp³-hybridized carbons (Fsp3) is 0.0182. The molecule has 2 heterocycles. The second kappa shape index (κ2) is 12.8. The molecule has 0 N–H and O–H groups in total. The predicted molar refractivity (Wildman–Crippen MR) is 243 cm³/mol. The molecule has 12 rings (SSSR count). The highest BCUT2D eigenvalue weighted by Crippen LogP contribution is 2.51. The fourth-order valence-electron chi connectivity index (χ4n) is 9.46. The van der Waals surface area contributed by atoms with E-state index in [2.05, 4.69) is 211 Å². The van der Waals surface area contributed by atoms with Gasteiger partial charge in [0.2, 0.25) is 0 Å². The Bertz CT molecular complexity index is 3350. The molecule has 0 aliphatic heterocycles. The number of fused-ring (bicyclic) bond motifs is 9. The highest BCUT2D eigenvalue weighted by Gasteiger charge is 2.31. The van der Waals surface area contributed by atoms with Gasteiger partial charge in [0.1, 0.15) is 0 Å². The van der Waals surface area contributed by atoms with Crippen LogP contribution in [0.5, 0.6) is 0 Å². The van der Waals surface area contributed by atoms with Gasteiger partial charge in [0.05, 0.1) is 11.0 Å². The number of thiophene rings is 1. The Balaban J connectivity index is 1.01. The lowest BCUT2D eigenvalue weighted by Gasteiger charge is -2.15. The summed E-state index contributed by atoms with van der Waals surface area (Å²) in [6, 6.07) is 76.4. The molecule has 0 radical (unpaired) electrons. The van der Waals surface area contributed by atoms with Gasteiger partial charge in [0, 0.05) is 42.6 Å². The Labute approximate surface area is 335 Å². The van der Waals surface area contributed by atoms with Crippen molar-refractivity contribution >= 4 is 53.3 Å². The molecule has 9 aromatic carbocycles. The van der Waals surface area contributed by atoms with Gasteiger partial charge in [-0.25, -0.2) is 0 Å². The fourth-order valence-corrected chi connectivity index (χ4v) is 10.7. The molecule has 0 bridgehead atoms. The predicted octanol–water partition coefficient (Wildman–Crippen LogP) is 15.3. The Hall–Kier alpha value is -7.00. The van der Waals surface area contributed by atoms with Gasteiger partial charge in [0.25, 0.3) is 0 Å². The summed E-state index contributed by atoms with van der Waals surface area (Å²) in [6.45, 7) is 0. The first-order chi connectivity index (χ1) is 28.3. The molecule has 0 saturated carbocycles. The Morgan fingerprint density at radius 1 is 0.351 bits per heavy atom. The quantitative estimate of drug-likeness (QED) is 0.166. The number of rotatable bonds is 5. The summed E-state index contributed by atoms with van der Waals surface area (Å²) in [5.74, 6) is 0.187. The monoisotopic (exact) mass is 741 g/mol. The topological polar surface area (TPSA) is 4.93 Å². The third-order valence-corrected chi connectivity index (χ3v) is 13.3. The van der Waals surface area contributed by atoms with Crippen LogP contribution in [0, 0.1) is 0 Å². The molecule has 1 nitrogen and oxygen atoms in total. The van der Waals surface area contributed by atoms with Crippen LogP contribution in [0.4, 0.5) is 0 Å². The molecule has 1 unspecified atom stereocenters. The maximum atomic E-state index is 2.46. The lowest BCUT2D eigenvalue weighted by Crippen LogP contribution is -1.98. The average Bonchev–Trinajstić information content (AvgIpc) is 3.94. The molecule has 11 aromatic rings. The molecule has 266 valence electrons. The van der Waals surface area contributed by atoms with E-state index in [1.54, 1.807) is 0 Å². The molecule has 57 heavy (non-hydrogen) atoms. The molecule has 0 spiro atoms. The van der Waals surface area contributed by atoms with Crippen LogP contribution in [-0.2, 0) is 0 Å². The highest BCUT2D eigenvalue weighted by molar-refractivity contribution is 7.26. The van der Waals surface area contributed by atoms with E-state index in [0.717, 1.165) is 0 Å². The van der Waals surface area contributed by atoms with Gasteiger partial charge in [-0.3, -0.25) is 0 Å². The van der Waals surface area contributed by atoms with Gasteiger partial charge in [-0.2, -0.15) is 0 Å². The van der Waals surface area contributed by atoms with Crippen LogP contribution in [0.2, 0.25) is 0 Å². The first-order valence-corrected chi connectivity index (χ1v) is 20.5. The second-order valence-corrected chi connectivity index (χ2v) is 16.3. The van der Waals surface area contributed by atoms with E-state index in [0.29, 0.717) is 0 Å². The van der Waals surface area contributed by atoms with E-state index >= 15 is 0 Å². The summed E-state index contributed by atoms with van der Waals surface area (Å²) >= 11 is 1.90. The Morgan fingerprint density at radius 2 is 0.947 bits per heavy atom. The van der Waals surface area contributed by atoms with Crippen LogP contribution < -0.4 is 0 Å². The summed E-state index contributed by atoms with van der Waals surface area (Å²) in [7, 11) is 0. The van der Waals surface area contributed by atoms with Crippen LogP contribution in [0.15, 0.2) is 206 Å². The van der Waals surface area contributed by atoms with Gasteiger partial charge in [0.15, 0.2) is 0 Å². The average molecular weight is 742 g/mol. The van der Waals surface area contributed by atoms with Crippen molar-refractivity contribution in [2.45, 2.75) is 5.92 Å². The van der Waals surface area contributed by atoms with Crippen LogP contribution >= 0.6 is 11.3 Å². The van der Waals surface area contributed by atoms with Crippen molar-refractivity contribution in [1.82, 2.24) is 4.57 Å². The summed E-state index contributed by atoms with van der Waals surface area (Å²) in [5.41, 5.74) is 17.8. The number of benzene rings is 9. The molecule has 1 atom stereocenters.